The number of benzene rings is 1. The molecule has 0 unspecified atom stereocenters. The molecule has 0 atom stereocenters. The molecule has 0 N–H and O–H groups in total. The van der Waals surface area contributed by atoms with E-state index in [-0.39, 0.29) is 11.5 Å². The summed E-state index contributed by atoms with van der Waals surface area (Å²) in [5, 5.41) is 0. The molecule has 0 saturated heterocycles. The van der Waals surface area contributed by atoms with Gasteiger partial charge >= 0.3 is 0 Å². The van der Waals surface area contributed by atoms with E-state index >= 15 is 0 Å². The Kier molecular flexibility index (Phi) is 4.98. The van der Waals surface area contributed by atoms with Gasteiger partial charge in [0.15, 0.2) is 4.80 Å². The van der Waals surface area contributed by atoms with Crippen molar-refractivity contribution in [1.82, 2.24) is 4.57 Å². The van der Waals surface area contributed by atoms with Crippen molar-refractivity contribution >= 4 is 17.2 Å². The summed E-state index contributed by atoms with van der Waals surface area (Å²) >= 11 is 1.17. The van der Waals surface area contributed by atoms with Gasteiger partial charge in [-0.15, -0.1) is 0 Å². The third-order valence-corrected chi connectivity index (χ3v) is 3.76. The lowest BCUT2D eigenvalue weighted by Crippen LogP contribution is -2.17. The third-order valence-electron chi connectivity index (χ3n) is 2.71. The second-order valence-electron chi connectivity index (χ2n) is 4.32. The number of halogens is 2. The molecular formula is C14H14F2N2O2S. The fraction of sp³-hybridized carbons (Fsp3) is 0.286. The van der Waals surface area contributed by atoms with Crippen LogP contribution in [0.3, 0.4) is 0 Å². The fourth-order valence-electron chi connectivity index (χ4n) is 1.77. The van der Waals surface area contributed by atoms with Crippen molar-refractivity contribution < 1.29 is 18.3 Å². The number of carbonyl (C=O) groups is 1. The van der Waals surface area contributed by atoms with E-state index in [1.165, 1.54) is 30.4 Å². The lowest BCUT2D eigenvalue weighted by molar-refractivity contribution is -0.116. The van der Waals surface area contributed by atoms with Crippen molar-refractivity contribution in [3.63, 3.8) is 0 Å². The number of amides is 1. The molecule has 2 aromatic rings. The monoisotopic (exact) mass is 312 g/mol. The maximum absolute atomic E-state index is 13.8. The van der Waals surface area contributed by atoms with Crippen LogP contribution in [0, 0.1) is 11.6 Å². The number of rotatable bonds is 4. The van der Waals surface area contributed by atoms with Gasteiger partial charge in [-0.2, -0.15) is 4.99 Å². The average Bonchev–Trinajstić information content (AvgIpc) is 2.78. The first-order chi connectivity index (χ1) is 10.0. The Hall–Kier alpha value is -1.86. The van der Waals surface area contributed by atoms with Gasteiger partial charge < -0.3 is 9.30 Å². The van der Waals surface area contributed by atoms with Crippen LogP contribution in [0.1, 0.15) is 6.92 Å². The van der Waals surface area contributed by atoms with Crippen molar-refractivity contribution in [1.29, 1.82) is 0 Å². The van der Waals surface area contributed by atoms with Crippen molar-refractivity contribution in [3.05, 3.63) is 40.8 Å². The summed E-state index contributed by atoms with van der Waals surface area (Å²) in [5.41, 5.74) is 0.276. The van der Waals surface area contributed by atoms with E-state index in [1.54, 1.807) is 17.9 Å². The van der Waals surface area contributed by atoms with E-state index in [1.807, 2.05) is 0 Å². The van der Waals surface area contributed by atoms with Crippen LogP contribution in [0.4, 0.5) is 8.78 Å². The SMILES string of the molecule is COCCn1cc(-c2ccc(F)cc2F)s/c1=N\C(C)=O. The average molecular weight is 312 g/mol. The van der Waals surface area contributed by atoms with Crippen molar-refractivity contribution in [2.24, 2.45) is 4.99 Å². The fourth-order valence-corrected chi connectivity index (χ4v) is 2.85. The number of methoxy groups -OCH3 is 1. The van der Waals surface area contributed by atoms with Gasteiger partial charge in [0.1, 0.15) is 11.6 Å². The second-order valence-corrected chi connectivity index (χ2v) is 5.33. The van der Waals surface area contributed by atoms with Crippen LogP contribution in [0.2, 0.25) is 0 Å². The highest BCUT2D eigenvalue weighted by Crippen LogP contribution is 2.25. The largest absolute Gasteiger partial charge is 0.383 e. The maximum Gasteiger partial charge on any atom is 0.245 e. The summed E-state index contributed by atoms with van der Waals surface area (Å²) in [6, 6.07) is 3.39. The minimum atomic E-state index is -0.649. The number of aromatic nitrogens is 1. The van der Waals surface area contributed by atoms with Gasteiger partial charge in [0.2, 0.25) is 5.91 Å². The molecule has 1 heterocycles. The second kappa shape index (κ2) is 6.73. The molecule has 0 aliphatic heterocycles. The molecule has 0 radical (unpaired) electrons. The van der Waals surface area contributed by atoms with E-state index in [4.69, 9.17) is 4.74 Å². The number of thiazole rings is 1. The van der Waals surface area contributed by atoms with Crippen LogP contribution in [0.15, 0.2) is 29.4 Å². The van der Waals surface area contributed by atoms with Crippen LogP contribution >= 0.6 is 11.3 Å². The van der Waals surface area contributed by atoms with Crippen LogP contribution < -0.4 is 4.80 Å². The summed E-state index contributed by atoms with van der Waals surface area (Å²) in [5.74, 6) is -1.62. The first-order valence-corrected chi connectivity index (χ1v) is 7.03. The Bertz CT molecular complexity index is 722. The zero-order chi connectivity index (χ0) is 15.4. The first kappa shape index (κ1) is 15.5. The molecule has 0 aliphatic rings. The Balaban J connectivity index is 2.50. The number of hydrogen-bond donors (Lipinski definition) is 0. The number of carbonyl (C=O) groups excluding carboxylic acids is 1. The zero-order valence-corrected chi connectivity index (χ0v) is 12.4. The Morgan fingerprint density at radius 2 is 2.19 bits per heavy atom. The van der Waals surface area contributed by atoms with E-state index in [0.717, 1.165) is 6.07 Å². The highest BCUT2D eigenvalue weighted by atomic mass is 32.1. The van der Waals surface area contributed by atoms with Gasteiger partial charge in [0.25, 0.3) is 0 Å². The molecule has 1 aromatic heterocycles. The molecule has 0 fully saturated rings. The normalized spacial score (nSPS) is 11.9. The number of nitrogens with zero attached hydrogens (tertiary/aromatic N) is 2. The van der Waals surface area contributed by atoms with Crippen LogP contribution in [0.25, 0.3) is 10.4 Å². The van der Waals surface area contributed by atoms with Crippen molar-refractivity contribution in [3.8, 4) is 10.4 Å². The zero-order valence-electron chi connectivity index (χ0n) is 11.6. The van der Waals surface area contributed by atoms with E-state index in [2.05, 4.69) is 4.99 Å². The van der Waals surface area contributed by atoms with E-state index in [0.29, 0.717) is 22.8 Å². The Morgan fingerprint density at radius 3 is 2.81 bits per heavy atom. The van der Waals surface area contributed by atoms with Gasteiger partial charge in [0.05, 0.1) is 11.5 Å². The lowest BCUT2D eigenvalue weighted by Gasteiger charge is -2.01. The van der Waals surface area contributed by atoms with Gasteiger partial charge in [-0.05, 0) is 12.1 Å². The quantitative estimate of drug-likeness (QED) is 0.871. The Labute approximate surface area is 124 Å². The first-order valence-electron chi connectivity index (χ1n) is 6.21. The summed E-state index contributed by atoms with van der Waals surface area (Å²) in [6.45, 7) is 2.27. The van der Waals surface area contributed by atoms with Crippen LogP contribution in [0.5, 0.6) is 0 Å². The van der Waals surface area contributed by atoms with Gasteiger partial charge in [-0.3, -0.25) is 4.79 Å². The van der Waals surface area contributed by atoms with Gasteiger partial charge in [-0.1, -0.05) is 11.3 Å². The molecule has 0 spiro atoms. The molecule has 0 bridgehead atoms. The van der Waals surface area contributed by atoms with Gasteiger partial charge in [0, 0.05) is 38.4 Å². The minimum Gasteiger partial charge on any atom is -0.383 e. The lowest BCUT2D eigenvalue weighted by atomic mass is 10.2. The maximum atomic E-state index is 13.8. The molecule has 21 heavy (non-hydrogen) atoms. The highest BCUT2D eigenvalue weighted by molar-refractivity contribution is 7.12. The highest BCUT2D eigenvalue weighted by Gasteiger charge is 2.11. The predicted octanol–water partition coefficient (Wildman–Crippen LogP) is 2.59. The number of ether oxygens (including phenoxy) is 1. The summed E-state index contributed by atoms with van der Waals surface area (Å²) in [7, 11) is 1.56. The van der Waals surface area contributed by atoms with Gasteiger partial charge in [-0.25, -0.2) is 8.78 Å². The Morgan fingerprint density at radius 1 is 1.43 bits per heavy atom. The molecule has 0 aliphatic carbocycles. The van der Waals surface area contributed by atoms with Crippen molar-refractivity contribution in [2.75, 3.05) is 13.7 Å². The summed E-state index contributed by atoms with van der Waals surface area (Å²) in [6.07, 6.45) is 1.68. The molecule has 2 rings (SSSR count). The minimum absolute atomic E-state index is 0.276. The molecular weight excluding hydrogens is 298 g/mol. The van der Waals surface area contributed by atoms with Crippen LogP contribution in [-0.4, -0.2) is 24.2 Å². The molecule has 1 aromatic carbocycles. The smallest absolute Gasteiger partial charge is 0.245 e. The summed E-state index contributed by atoms with van der Waals surface area (Å²) in [4.78, 5) is 16.1. The molecule has 1 amide bonds. The predicted molar refractivity (Wildman–Crippen MR) is 75.8 cm³/mol. The molecule has 112 valence electrons. The number of hydrogen-bond acceptors (Lipinski definition) is 3. The summed E-state index contributed by atoms with van der Waals surface area (Å²) < 4.78 is 33.5. The molecule has 7 heteroatoms. The van der Waals surface area contributed by atoms with Crippen molar-refractivity contribution in [2.45, 2.75) is 13.5 Å². The topological polar surface area (TPSA) is 43.6 Å². The van der Waals surface area contributed by atoms with Crippen LogP contribution in [-0.2, 0) is 16.1 Å². The standard InChI is InChI=1S/C14H14F2N2O2S/c1-9(19)17-14-18(5-6-20-2)8-13(21-14)11-4-3-10(15)7-12(11)16/h3-4,7-8H,5-6H2,1-2H3/b17-14-. The molecule has 0 saturated carbocycles. The third kappa shape index (κ3) is 3.83. The molecule has 4 nitrogen and oxygen atoms in total. The van der Waals surface area contributed by atoms with E-state index in [9.17, 15) is 13.6 Å². The van der Waals surface area contributed by atoms with E-state index < -0.39 is 11.6 Å².